The van der Waals surface area contributed by atoms with Crippen LogP contribution in [0.1, 0.15) is 5.56 Å². The van der Waals surface area contributed by atoms with Gasteiger partial charge in [0.1, 0.15) is 6.54 Å². The second kappa shape index (κ2) is 6.10. The van der Waals surface area contributed by atoms with E-state index in [9.17, 15) is 4.79 Å². The zero-order valence-corrected chi connectivity index (χ0v) is 14.1. The number of para-hydroxylation sites is 2. The molecule has 0 saturated carbocycles. The van der Waals surface area contributed by atoms with Gasteiger partial charge in [0.05, 0.1) is 11.0 Å². The number of fused-ring (bicyclic) bond motifs is 1. The van der Waals surface area contributed by atoms with E-state index in [1.54, 1.807) is 4.57 Å². The molecule has 0 unspecified atom stereocenters. The van der Waals surface area contributed by atoms with Crippen LogP contribution in [0.3, 0.4) is 0 Å². The van der Waals surface area contributed by atoms with Gasteiger partial charge in [-0.2, -0.15) is 0 Å². The molecule has 0 aliphatic rings. The standard InChI is InChI=1S/C16H13BrClN3O/c1-10-8-11(6-7-12(10)17)19-15(22)9-21-14-5-3-2-4-13(14)20-16(21)18/h2-8H,9H2,1H3,(H,19,22). The Kier molecular flexibility index (Phi) is 4.18. The van der Waals surface area contributed by atoms with Crippen LogP contribution in [0.2, 0.25) is 5.28 Å². The van der Waals surface area contributed by atoms with E-state index in [-0.39, 0.29) is 12.5 Å². The Morgan fingerprint density at radius 3 is 2.86 bits per heavy atom. The molecule has 3 aromatic rings. The lowest BCUT2D eigenvalue weighted by molar-refractivity contribution is -0.116. The molecule has 0 aliphatic heterocycles. The summed E-state index contributed by atoms with van der Waals surface area (Å²) in [4.78, 5) is 16.5. The SMILES string of the molecule is Cc1cc(NC(=O)Cn2c(Cl)nc3ccccc32)ccc1Br. The van der Waals surface area contributed by atoms with Crippen LogP contribution in [-0.4, -0.2) is 15.5 Å². The highest BCUT2D eigenvalue weighted by Crippen LogP contribution is 2.21. The summed E-state index contributed by atoms with van der Waals surface area (Å²) in [6.07, 6.45) is 0. The number of imidazole rings is 1. The summed E-state index contributed by atoms with van der Waals surface area (Å²) in [6, 6.07) is 13.2. The lowest BCUT2D eigenvalue weighted by Gasteiger charge is -2.09. The number of hydrogen-bond donors (Lipinski definition) is 1. The van der Waals surface area contributed by atoms with Gasteiger partial charge < -0.3 is 9.88 Å². The molecule has 2 aromatic carbocycles. The molecular formula is C16H13BrClN3O. The van der Waals surface area contributed by atoms with Gasteiger partial charge in [-0.3, -0.25) is 4.79 Å². The predicted molar refractivity (Wildman–Crippen MR) is 92.3 cm³/mol. The minimum atomic E-state index is -0.147. The van der Waals surface area contributed by atoms with Crippen molar-refractivity contribution in [1.82, 2.24) is 9.55 Å². The van der Waals surface area contributed by atoms with Crippen molar-refractivity contribution < 1.29 is 4.79 Å². The number of hydrogen-bond acceptors (Lipinski definition) is 2. The average Bonchev–Trinajstić information content (AvgIpc) is 2.79. The maximum atomic E-state index is 12.2. The number of halogens is 2. The van der Waals surface area contributed by atoms with Gasteiger partial charge in [0.15, 0.2) is 0 Å². The first-order valence-electron chi connectivity index (χ1n) is 6.71. The van der Waals surface area contributed by atoms with Gasteiger partial charge in [0.2, 0.25) is 11.2 Å². The fraction of sp³-hybridized carbons (Fsp3) is 0.125. The summed E-state index contributed by atoms with van der Waals surface area (Å²) in [6.45, 7) is 2.09. The molecule has 0 bridgehead atoms. The fourth-order valence-electron chi connectivity index (χ4n) is 2.26. The number of rotatable bonds is 3. The first-order chi connectivity index (χ1) is 10.5. The van der Waals surface area contributed by atoms with Gasteiger partial charge in [-0.15, -0.1) is 0 Å². The number of nitrogens with zero attached hydrogens (tertiary/aromatic N) is 2. The molecule has 0 saturated heterocycles. The largest absolute Gasteiger partial charge is 0.325 e. The summed E-state index contributed by atoms with van der Waals surface area (Å²) in [5, 5.41) is 3.18. The van der Waals surface area contributed by atoms with Crippen LogP contribution >= 0.6 is 27.5 Å². The molecule has 0 fully saturated rings. The summed E-state index contributed by atoms with van der Waals surface area (Å²) < 4.78 is 2.70. The van der Waals surface area contributed by atoms with E-state index in [2.05, 4.69) is 26.2 Å². The van der Waals surface area contributed by atoms with Crippen LogP contribution in [0.15, 0.2) is 46.9 Å². The Labute approximate surface area is 141 Å². The van der Waals surface area contributed by atoms with Crippen LogP contribution in [0.4, 0.5) is 5.69 Å². The van der Waals surface area contributed by atoms with Gasteiger partial charge in [-0.25, -0.2) is 4.98 Å². The van der Waals surface area contributed by atoms with Gasteiger partial charge in [0.25, 0.3) is 0 Å². The van der Waals surface area contributed by atoms with E-state index >= 15 is 0 Å². The van der Waals surface area contributed by atoms with E-state index in [0.717, 1.165) is 26.8 Å². The summed E-state index contributed by atoms with van der Waals surface area (Å²) >= 11 is 9.56. The summed E-state index contributed by atoms with van der Waals surface area (Å²) in [7, 11) is 0. The summed E-state index contributed by atoms with van der Waals surface area (Å²) in [5.74, 6) is -0.147. The molecule has 6 heteroatoms. The molecule has 4 nitrogen and oxygen atoms in total. The normalized spacial score (nSPS) is 10.9. The Morgan fingerprint density at radius 2 is 2.09 bits per heavy atom. The highest BCUT2D eigenvalue weighted by Gasteiger charge is 2.12. The van der Waals surface area contributed by atoms with E-state index in [1.165, 1.54) is 0 Å². The number of carbonyl (C=O) groups excluding carboxylic acids is 1. The van der Waals surface area contributed by atoms with Gasteiger partial charge in [-0.1, -0.05) is 28.1 Å². The van der Waals surface area contributed by atoms with E-state index in [0.29, 0.717) is 5.28 Å². The van der Waals surface area contributed by atoms with Crippen molar-refractivity contribution in [3.8, 4) is 0 Å². The predicted octanol–water partition coefficient (Wildman–Crippen LogP) is 4.40. The maximum Gasteiger partial charge on any atom is 0.244 e. The van der Waals surface area contributed by atoms with Gasteiger partial charge in [-0.05, 0) is 54.4 Å². The van der Waals surface area contributed by atoms with Crippen molar-refractivity contribution >= 4 is 50.2 Å². The molecule has 3 rings (SSSR count). The molecule has 0 spiro atoms. The minimum absolute atomic E-state index is 0.120. The Bertz CT molecular complexity index is 860. The molecule has 0 radical (unpaired) electrons. The molecule has 1 amide bonds. The molecule has 1 aromatic heterocycles. The third-order valence-corrected chi connectivity index (χ3v) is 4.53. The first-order valence-corrected chi connectivity index (χ1v) is 7.88. The lowest BCUT2D eigenvalue weighted by atomic mass is 10.2. The van der Waals surface area contributed by atoms with Crippen molar-refractivity contribution in [2.75, 3.05) is 5.32 Å². The molecule has 0 atom stereocenters. The number of aromatic nitrogens is 2. The smallest absolute Gasteiger partial charge is 0.244 e. The number of nitrogens with one attached hydrogen (secondary N) is 1. The van der Waals surface area contributed by atoms with E-state index in [4.69, 9.17) is 11.6 Å². The quantitative estimate of drug-likeness (QED) is 0.734. The third-order valence-electron chi connectivity index (χ3n) is 3.35. The Morgan fingerprint density at radius 1 is 1.32 bits per heavy atom. The molecule has 0 aliphatic carbocycles. The van der Waals surface area contributed by atoms with E-state index < -0.39 is 0 Å². The van der Waals surface area contributed by atoms with Crippen molar-refractivity contribution in [1.29, 1.82) is 0 Å². The van der Waals surface area contributed by atoms with Crippen molar-refractivity contribution in [3.05, 3.63) is 57.8 Å². The number of carbonyl (C=O) groups is 1. The average molecular weight is 379 g/mol. The summed E-state index contributed by atoms with van der Waals surface area (Å²) in [5.41, 5.74) is 3.43. The molecule has 1 N–H and O–H groups in total. The van der Waals surface area contributed by atoms with Crippen LogP contribution < -0.4 is 5.32 Å². The number of aryl methyl sites for hydroxylation is 1. The van der Waals surface area contributed by atoms with Crippen molar-refractivity contribution in [2.24, 2.45) is 0 Å². The zero-order valence-electron chi connectivity index (χ0n) is 11.8. The minimum Gasteiger partial charge on any atom is -0.325 e. The van der Waals surface area contributed by atoms with Gasteiger partial charge >= 0.3 is 0 Å². The topological polar surface area (TPSA) is 46.9 Å². The van der Waals surface area contributed by atoms with Gasteiger partial charge in [0, 0.05) is 10.2 Å². The number of amides is 1. The second-order valence-electron chi connectivity index (χ2n) is 4.97. The lowest BCUT2D eigenvalue weighted by Crippen LogP contribution is -2.18. The van der Waals surface area contributed by atoms with Crippen LogP contribution in [0.25, 0.3) is 11.0 Å². The van der Waals surface area contributed by atoms with Crippen LogP contribution in [0.5, 0.6) is 0 Å². The number of benzene rings is 2. The van der Waals surface area contributed by atoms with Crippen LogP contribution in [-0.2, 0) is 11.3 Å². The number of anilines is 1. The Hall–Kier alpha value is -1.85. The first kappa shape index (κ1) is 15.1. The maximum absolute atomic E-state index is 12.2. The highest BCUT2D eigenvalue weighted by molar-refractivity contribution is 9.10. The molecular weight excluding hydrogens is 366 g/mol. The molecule has 22 heavy (non-hydrogen) atoms. The molecule has 112 valence electrons. The Balaban J connectivity index is 1.81. The second-order valence-corrected chi connectivity index (χ2v) is 6.16. The fourth-order valence-corrected chi connectivity index (χ4v) is 2.75. The van der Waals surface area contributed by atoms with Crippen molar-refractivity contribution in [3.63, 3.8) is 0 Å². The van der Waals surface area contributed by atoms with E-state index in [1.807, 2.05) is 49.4 Å². The van der Waals surface area contributed by atoms with Crippen LogP contribution in [0, 0.1) is 6.92 Å². The zero-order chi connectivity index (χ0) is 15.7. The molecule has 1 heterocycles. The van der Waals surface area contributed by atoms with Crippen molar-refractivity contribution in [2.45, 2.75) is 13.5 Å². The third kappa shape index (κ3) is 3.00. The highest BCUT2D eigenvalue weighted by atomic mass is 79.9. The monoisotopic (exact) mass is 377 g/mol.